The molecule has 2 amide bonds. The van der Waals surface area contributed by atoms with E-state index in [1.54, 1.807) is 32.7 Å². The fraction of sp³-hybridized carbons (Fsp3) is 0.476. The number of carbonyl (C=O) groups excluding carboxylic acids is 1. The standard InChI is InChI=1S/C21H28N4O4/c1-28-18-8-7-15(11-19(18)29-2)13-23-21(27)22-9-10-25-14-24-17(12-20(25)26)16-5-3-4-6-16/h7-8,11-12,14,16H,3-6,9-10,13H2,1-2H3,(H2,22,23,27). The average molecular weight is 400 g/mol. The van der Waals surface area contributed by atoms with E-state index in [9.17, 15) is 9.59 Å². The predicted octanol–water partition coefficient (Wildman–Crippen LogP) is 2.42. The third-order valence-corrected chi connectivity index (χ3v) is 5.21. The van der Waals surface area contributed by atoms with Crippen LogP contribution >= 0.6 is 0 Å². The molecule has 156 valence electrons. The SMILES string of the molecule is COc1ccc(CNC(=O)NCCn2cnc(C3CCCC3)cc2=O)cc1OC. The molecule has 0 radical (unpaired) electrons. The Morgan fingerprint density at radius 2 is 1.90 bits per heavy atom. The first kappa shape index (κ1) is 20.7. The summed E-state index contributed by atoms with van der Waals surface area (Å²) in [5, 5.41) is 5.54. The predicted molar refractivity (Wildman–Crippen MR) is 109 cm³/mol. The van der Waals surface area contributed by atoms with Gasteiger partial charge in [-0.2, -0.15) is 0 Å². The summed E-state index contributed by atoms with van der Waals surface area (Å²) < 4.78 is 12.0. The molecule has 2 N–H and O–H groups in total. The molecule has 1 aliphatic rings. The molecule has 0 aliphatic heterocycles. The monoisotopic (exact) mass is 400 g/mol. The minimum Gasteiger partial charge on any atom is -0.493 e. The number of carbonyl (C=O) groups is 1. The molecule has 3 rings (SSSR count). The first-order valence-electron chi connectivity index (χ1n) is 9.89. The van der Waals surface area contributed by atoms with Crippen molar-refractivity contribution in [2.75, 3.05) is 20.8 Å². The van der Waals surface area contributed by atoms with Gasteiger partial charge in [0.15, 0.2) is 11.5 Å². The Morgan fingerprint density at radius 3 is 2.59 bits per heavy atom. The molecule has 0 spiro atoms. The van der Waals surface area contributed by atoms with Gasteiger partial charge in [-0.05, 0) is 30.5 Å². The van der Waals surface area contributed by atoms with Gasteiger partial charge >= 0.3 is 6.03 Å². The molecule has 1 aromatic heterocycles. The van der Waals surface area contributed by atoms with Crippen molar-refractivity contribution >= 4 is 6.03 Å². The molecule has 1 aromatic carbocycles. The number of ether oxygens (including phenoxy) is 2. The van der Waals surface area contributed by atoms with E-state index in [4.69, 9.17) is 9.47 Å². The molecule has 1 fully saturated rings. The number of aromatic nitrogens is 2. The van der Waals surface area contributed by atoms with Crippen LogP contribution in [0.25, 0.3) is 0 Å². The molecule has 1 saturated carbocycles. The molecular formula is C21H28N4O4. The number of nitrogens with one attached hydrogen (secondary N) is 2. The van der Waals surface area contributed by atoms with Gasteiger partial charge in [-0.15, -0.1) is 0 Å². The van der Waals surface area contributed by atoms with Crippen LogP contribution in [0.4, 0.5) is 4.79 Å². The number of benzene rings is 1. The number of rotatable bonds is 8. The van der Waals surface area contributed by atoms with Crippen LogP contribution in [0.15, 0.2) is 35.4 Å². The largest absolute Gasteiger partial charge is 0.493 e. The van der Waals surface area contributed by atoms with Gasteiger partial charge in [-0.25, -0.2) is 9.78 Å². The van der Waals surface area contributed by atoms with E-state index in [-0.39, 0.29) is 11.6 Å². The van der Waals surface area contributed by atoms with E-state index >= 15 is 0 Å². The Labute approximate surface area is 170 Å². The fourth-order valence-electron chi connectivity index (χ4n) is 3.58. The average Bonchev–Trinajstić information content (AvgIpc) is 3.28. The van der Waals surface area contributed by atoms with Crippen LogP contribution < -0.4 is 25.7 Å². The van der Waals surface area contributed by atoms with Gasteiger partial charge in [0.05, 0.1) is 26.2 Å². The summed E-state index contributed by atoms with van der Waals surface area (Å²) in [5.41, 5.74) is 1.71. The zero-order valence-corrected chi connectivity index (χ0v) is 16.9. The first-order valence-corrected chi connectivity index (χ1v) is 9.89. The van der Waals surface area contributed by atoms with Gasteiger partial charge in [-0.1, -0.05) is 18.9 Å². The maximum Gasteiger partial charge on any atom is 0.315 e. The number of hydrogen-bond acceptors (Lipinski definition) is 5. The van der Waals surface area contributed by atoms with Crippen molar-refractivity contribution in [1.29, 1.82) is 0 Å². The maximum atomic E-state index is 12.3. The summed E-state index contributed by atoms with van der Waals surface area (Å²) in [6, 6.07) is 6.80. The van der Waals surface area contributed by atoms with E-state index in [1.165, 1.54) is 17.4 Å². The van der Waals surface area contributed by atoms with Crippen LogP contribution in [-0.4, -0.2) is 36.3 Å². The highest BCUT2D eigenvalue weighted by molar-refractivity contribution is 5.73. The van der Waals surface area contributed by atoms with Crippen molar-refractivity contribution in [3.05, 3.63) is 52.2 Å². The molecule has 0 unspecified atom stereocenters. The Kier molecular flexibility index (Phi) is 7.10. The normalized spacial score (nSPS) is 13.9. The minimum atomic E-state index is -0.302. The summed E-state index contributed by atoms with van der Waals surface area (Å²) in [5.74, 6) is 1.66. The highest BCUT2D eigenvalue weighted by Gasteiger charge is 2.18. The third-order valence-electron chi connectivity index (χ3n) is 5.21. The number of hydrogen-bond donors (Lipinski definition) is 2. The lowest BCUT2D eigenvalue weighted by Gasteiger charge is -2.12. The molecule has 0 atom stereocenters. The van der Waals surface area contributed by atoms with Crippen molar-refractivity contribution in [1.82, 2.24) is 20.2 Å². The Balaban J connectivity index is 1.44. The lowest BCUT2D eigenvalue weighted by molar-refractivity contribution is 0.240. The van der Waals surface area contributed by atoms with Crippen LogP contribution in [0.5, 0.6) is 11.5 Å². The molecular weight excluding hydrogens is 372 g/mol. The van der Waals surface area contributed by atoms with Crippen molar-refractivity contribution < 1.29 is 14.3 Å². The molecule has 1 aliphatic carbocycles. The molecule has 2 aromatic rings. The number of amides is 2. The topological polar surface area (TPSA) is 94.5 Å². The van der Waals surface area contributed by atoms with E-state index in [2.05, 4.69) is 15.6 Å². The Bertz CT molecular complexity index is 890. The molecule has 0 saturated heterocycles. The van der Waals surface area contributed by atoms with Crippen molar-refractivity contribution in [2.45, 2.75) is 44.7 Å². The van der Waals surface area contributed by atoms with E-state index in [1.807, 2.05) is 12.1 Å². The van der Waals surface area contributed by atoms with Gasteiger partial charge in [0.2, 0.25) is 0 Å². The second-order valence-corrected chi connectivity index (χ2v) is 7.13. The number of methoxy groups -OCH3 is 2. The molecule has 0 bridgehead atoms. The number of nitrogens with zero attached hydrogens (tertiary/aromatic N) is 2. The fourth-order valence-corrected chi connectivity index (χ4v) is 3.58. The molecule has 29 heavy (non-hydrogen) atoms. The summed E-state index contributed by atoms with van der Waals surface area (Å²) in [4.78, 5) is 28.7. The van der Waals surface area contributed by atoms with Gasteiger partial charge in [0, 0.05) is 31.6 Å². The van der Waals surface area contributed by atoms with Crippen molar-refractivity contribution in [3.63, 3.8) is 0 Å². The molecule has 8 nitrogen and oxygen atoms in total. The van der Waals surface area contributed by atoms with Crippen molar-refractivity contribution in [2.24, 2.45) is 0 Å². The molecule has 8 heteroatoms. The van der Waals surface area contributed by atoms with Crippen LogP contribution in [0.2, 0.25) is 0 Å². The van der Waals surface area contributed by atoms with Gasteiger partial charge in [0.1, 0.15) is 0 Å². The van der Waals surface area contributed by atoms with E-state index in [0.717, 1.165) is 24.1 Å². The van der Waals surface area contributed by atoms with Crippen LogP contribution in [0.1, 0.15) is 42.9 Å². The lowest BCUT2D eigenvalue weighted by Crippen LogP contribution is -2.38. The Hall–Kier alpha value is -3.03. The highest BCUT2D eigenvalue weighted by atomic mass is 16.5. The van der Waals surface area contributed by atoms with Gasteiger partial charge in [0.25, 0.3) is 5.56 Å². The van der Waals surface area contributed by atoms with E-state index in [0.29, 0.717) is 37.1 Å². The van der Waals surface area contributed by atoms with Crippen molar-refractivity contribution in [3.8, 4) is 11.5 Å². The zero-order chi connectivity index (χ0) is 20.6. The Morgan fingerprint density at radius 1 is 1.14 bits per heavy atom. The smallest absolute Gasteiger partial charge is 0.315 e. The highest BCUT2D eigenvalue weighted by Crippen LogP contribution is 2.32. The van der Waals surface area contributed by atoms with Crippen LogP contribution in [-0.2, 0) is 13.1 Å². The van der Waals surface area contributed by atoms with Crippen LogP contribution in [0, 0.1) is 0 Å². The van der Waals surface area contributed by atoms with E-state index < -0.39 is 0 Å². The van der Waals surface area contributed by atoms with Crippen LogP contribution in [0.3, 0.4) is 0 Å². The second-order valence-electron chi connectivity index (χ2n) is 7.13. The first-order chi connectivity index (χ1) is 14.1. The minimum absolute atomic E-state index is 0.0746. The molecule has 1 heterocycles. The quantitative estimate of drug-likeness (QED) is 0.710. The van der Waals surface area contributed by atoms with Gasteiger partial charge in [-0.3, -0.25) is 9.36 Å². The maximum absolute atomic E-state index is 12.3. The zero-order valence-electron chi connectivity index (χ0n) is 16.9. The number of urea groups is 1. The second kappa shape index (κ2) is 9.95. The van der Waals surface area contributed by atoms with Gasteiger partial charge < -0.3 is 20.1 Å². The summed E-state index contributed by atoms with van der Waals surface area (Å²) >= 11 is 0. The summed E-state index contributed by atoms with van der Waals surface area (Å²) in [6.07, 6.45) is 6.21. The summed E-state index contributed by atoms with van der Waals surface area (Å²) in [6.45, 7) is 1.06. The summed E-state index contributed by atoms with van der Waals surface area (Å²) in [7, 11) is 3.14. The third kappa shape index (κ3) is 5.49. The lowest BCUT2D eigenvalue weighted by atomic mass is 10.0.